The van der Waals surface area contributed by atoms with Crippen LogP contribution in [0.1, 0.15) is 36.8 Å². The van der Waals surface area contributed by atoms with E-state index in [-0.39, 0.29) is 6.03 Å². The van der Waals surface area contributed by atoms with Gasteiger partial charge in [0.15, 0.2) is 0 Å². The number of pyridine rings is 1. The number of benzene rings is 2. The molecule has 2 heterocycles. The molecule has 35 heavy (non-hydrogen) atoms. The van der Waals surface area contributed by atoms with E-state index in [9.17, 15) is 10.1 Å². The van der Waals surface area contributed by atoms with Crippen molar-refractivity contribution in [2.24, 2.45) is 5.92 Å². The summed E-state index contributed by atoms with van der Waals surface area (Å²) in [5.74, 6) is 2.27. The number of aryl methyl sites for hydroxylation is 1. The molecule has 0 radical (unpaired) electrons. The number of amides is 2. The lowest BCUT2D eigenvalue weighted by Crippen LogP contribution is -2.30. The number of carbonyl (C=O) groups is 1. The number of nitriles is 1. The molecule has 0 bridgehead atoms. The maximum atomic E-state index is 12.1. The fraction of sp³-hybridized carbons (Fsp3) is 0.370. The molecule has 8 nitrogen and oxygen atoms in total. The van der Waals surface area contributed by atoms with E-state index < -0.39 is 0 Å². The Balaban J connectivity index is 1.33. The first kappa shape index (κ1) is 22.9. The molecule has 1 aromatic heterocycles. The van der Waals surface area contributed by atoms with Gasteiger partial charge in [-0.1, -0.05) is 0 Å². The number of hydrogen-bond donors (Lipinski definition) is 3. The lowest BCUT2D eigenvalue weighted by molar-refractivity contribution is 0.215. The van der Waals surface area contributed by atoms with Gasteiger partial charge in [-0.3, -0.25) is 4.98 Å². The summed E-state index contributed by atoms with van der Waals surface area (Å²) in [6.07, 6.45) is 5.91. The highest BCUT2D eigenvalue weighted by atomic mass is 16.5. The van der Waals surface area contributed by atoms with Gasteiger partial charge in [-0.15, -0.1) is 0 Å². The van der Waals surface area contributed by atoms with E-state index in [0.29, 0.717) is 46.9 Å². The van der Waals surface area contributed by atoms with E-state index in [0.717, 1.165) is 55.4 Å². The standard InChI is InChI=1S/C27H29N5O3/c1-17-12-21(4-5-23(17)32-27(33)31-20-2-3-20)35-25-8-11-30-24-14-26(19(15-28)13-22(24)25)34-16-18-6-9-29-10-7-18/h4-5,8,11-14,18,20,29H,2-3,6-7,9-10,16H2,1H3,(H2,31,32,33). The Labute approximate surface area is 204 Å². The highest BCUT2D eigenvalue weighted by Crippen LogP contribution is 2.34. The molecule has 2 fully saturated rings. The summed E-state index contributed by atoms with van der Waals surface area (Å²) in [4.78, 5) is 16.5. The van der Waals surface area contributed by atoms with Gasteiger partial charge in [-0.25, -0.2) is 4.79 Å². The third-order valence-electron chi connectivity index (χ3n) is 6.44. The predicted molar refractivity (Wildman–Crippen MR) is 134 cm³/mol. The van der Waals surface area contributed by atoms with Crippen LogP contribution in [0.2, 0.25) is 0 Å². The van der Waals surface area contributed by atoms with Gasteiger partial charge in [0.25, 0.3) is 0 Å². The molecule has 2 aliphatic rings. The molecule has 2 aromatic carbocycles. The van der Waals surface area contributed by atoms with Gasteiger partial charge in [-0.05, 0) is 87.5 Å². The van der Waals surface area contributed by atoms with Crippen LogP contribution in [0.4, 0.5) is 10.5 Å². The smallest absolute Gasteiger partial charge is 0.319 e. The molecule has 0 unspecified atom stereocenters. The lowest BCUT2D eigenvalue weighted by Gasteiger charge is -2.23. The molecule has 1 saturated heterocycles. The van der Waals surface area contributed by atoms with Gasteiger partial charge in [0, 0.05) is 29.4 Å². The molecule has 8 heteroatoms. The van der Waals surface area contributed by atoms with Gasteiger partial charge in [0.1, 0.15) is 23.3 Å². The molecule has 2 amide bonds. The van der Waals surface area contributed by atoms with Crippen LogP contribution in [0.5, 0.6) is 17.2 Å². The molecule has 0 spiro atoms. The van der Waals surface area contributed by atoms with Crippen molar-refractivity contribution in [1.29, 1.82) is 5.26 Å². The van der Waals surface area contributed by atoms with E-state index >= 15 is 0 Å². The Morgan fingerprint density at radius 3 is 2.71 bits per heavy atom. The SMILES string of the molecule is Cc1cc(Oc2ccnc3cc(OCC4CCNCC4)c(C#N)cc23)ccc1NC(=O)NC1CC1. The van der Waals surface area contributed by atoms with Crippen LogP contribution in [-0.2, 0) is 0 Å². The van der Waals surface area contributed by atoms with Crippen LogP contribution in [-0.4, -0.2) is 36.8 Å². The average Bonchev–Trinajstić information content (AvgIpc) is 3.68. The molecular formula is C27H29N5O3. The van der Waals surface area contributed by atoms with Crippen LogP contribution in [0.3, 0.4) is 0 Å². The van der Waals surface area contributed by atoms with Crippen molar-refractivity contribution < 1.29 is 14.3 Å². The second-order valence-electron chi connectivity index (χ2n) is 9.24. The van der Waals surface area contributed by atoms with Gasteiger partial charge in [0.2, 0.25) is 0 Å². The number of aromatic nitrogens is 1. The second-order valence-corrected chi connectivity index (χ2v) is 9.24. The number of anilines is 1. The number of fused-ring (bicyclic) bond motifs is 1. The van der Waals surface area contributed by atoms with E-state index in [4.69, 9.17) is 9.47 Å². The minimum atomic E-state index is -0.188. The molecule has 5 rings (SSSR count). The number of piperidine rings is 1. The van der Waals surface area contributed by atoms with Crippen LogP contribution in [0.25, 0.3) is 10.9 Å². The van der Waals surface area contributed by atoms with E-state index in [1.54, 1.807) is 18.3 Å². The summed E-state index contributed by atoms with van der Waals surface area (Å²) in [6.45, 7) is 4.52. The summed E-state index contributed by atoms with van der Waals surface area (Å²) < 4.78 is 12.2. The molecule has 3 N–H and O–H groups in total. The van der Waals surface area contributed by atoms with Crippen LogP contribution >= 0.6 is 0 Å². The zero-order valence-electron chi connectivity index (χ0n) is 19.8. The average molecular weight is 472 g/mol. The number of nitrogens with zero attached hydrogens (tertiary/aromatic N) is 2. The summed E-state index contributed by atoms with van der Waals surface area (Å²) in [5.41, 5.74) is 2.78. The van der Waals surface area contributed by atoms with Gasteiger partial charge in [0.05, 0.1) is 17.7 Å². The number of hydrogen-bond acceptors (Lipinski definition) is 6. The van der Waals surface area contributed by atoms with Crippen molar-refractivity contribution in [2.45, 2.75) is 38.6 Å². The number of carbonyl (C=O) groups excluding carboxylic acids is 1. The number of ether oxygens (including phenoxy) is 2. The third kappa shape index (κ3) is 5.64. The van der Waals surface area contributed by atoms with Crippen LogP contribution < -0.4 is 25.4 Å². The van der Waals surface area contributed by atoms with E-state index in [2.05, 4.69) is 27.0 Å². The summed E-state index contributed by atoms with van der Waals surface area (Å²) in [6, 6.07) is 13.3. The van der Waals surface area contributed by atoms with Crippen LogP contribution in [0.15, 0.2) is 42.6 Å². The van der Waals surface area contributed by atoms with Crippen molar-refractivity contribution >= 4 is 22.6 Å². The largest absolute Gasteiger partial charge is 0.492 e. The fourth-order valence-corrected chi connectivity index (χ4v) is 4.24. The van der Waals surface area contributed by atoms with Crippen molar-refractivity contribution in [3.8, 4) is 23.3 Å². The Morgan fingerprint density at radius 2 is 1.97 bits per heavy atom. The summed E-state index contributed by atoms with van der Waals surface area (Å²) in [7, 11) is 0. The molecule has 1 saturated carbocycles. The first-order valence-corrected chi connectivity index (χ1v) is 12.1. The van der Waals surface area contributed by atoms with Crippen molar-refractivity contribution in [1.82, 2.24) is 15.6 Å². The van der Waals surface area contributed by atoms with E-state index in [1.165, 1.54) is 0 Å². The Bertz CT molecular complexity index is 1280. The topological polar surface area (TPSA) is 108 Å². The Hall–Kier alpha value is -3.83. The van der Waals surface area contributed by atoms with Gasteiger partial charge >= 0.3 is 6.03 Å². The molecule has 0 atom stereocenters. The monoisotopic (exact) mass is 471 g/mol. The van der Waals surface area contributed by atoms with Crippen LogP contribution in [0, 0.1) is 24.2 Å². The van der Waals surface area contributed by atoms with E-state index in [1.807, 2.05) is 31.2 Å². The zero-order valence-corrected chi connectivity index (χ0v) is 19.8. The minimum absolute atomic E-state index is 0.188. The lowest BCUT2D eigenvalue weighted by atomic mass is 9.99. The number of urea groups is 1. The molecule has 3 aromatic rings. The molecule has 1 aliphatic heterocycles. The summed E-state index contributed by atoms with van der Waals surface area (Å²) >= 11 is 0. The van der Waals surface area contributed by atoms with Crippen molar-refractivity contribution in [3.63, 3.8) is 0 Å². The first-order valence-electron chi connectivity index (χ1n) is 12.1. The third-order valence-corrected chi connectivity index (χ3v) is 6.44. The quantitative estimate of drug-likeness (QED) is 0.454. The number of nitrogens with one attached hydrogen (secondary N) is 3. The Kier molecular flexibility index (Phi) is 6.68. The van der Waals surface area contributed by atoms with Crippen molar-refractivity contribution in [2.75, 3.05) is 25.0 Å². The normalized spacial score (nSPS) is 15.9. The predicted octanol–water partition coefficient (Wildman–Crippen LogP) is 4.87. The fourth-order valence-electron chi connectivity index (χ4n) is 4.24. The maximum Gasteiger partial charge on any atom is 0.319 e. The molecular weight excluding hydrogens is 442 g/mol. The van der Waals surface area contributed by atoms with Gasteiger partial charge in [-0.2, -0.15) is 5.26 Å². The van der Waals surface area contributed by atoms with Crippen molar-refractivity contribution in [3.05, 3.63) is 53.7 Å². The Morgan fingerprint density at radius 1 is 1.14 bits per heavy atom. The second kappa shape index (κ2) is 10.2. The molecule has 1 aliphatic carbocycles. The first-order chi connectivity index (χ1) is 17.1. The minimum Gasteiger partial charge on any atom is -0.492 e. The molecule has 180 valence electrons. The zero-order chi connectivity index (χ0) is 24.2. The maximum absolute atomic E-state index is 12.1. The highest BCUT2D eigenvalue weighted by molar-refractivity contribution is 5.91. The van der Waals surface area contributed by atoms with Gasteiger partial charge < -0.3 is 25.4 Å². The number of rotatable bonds is 7. The highest BCUT2D eigenvalue weighted by Gasteiger charge is 2.23. The summed E-state index contributed by atoms with van der Waals surface area (Å²) in [5, 5.41) is 19.7.